The molecular weight excluding hydrogens is 347 g/mol. The maximum absolute atomic E-state index is 12.3. The summed E-state index contributed by atoms with van der Waals surface area (Å²) < 4.78 is 5.37. The summed E-state index contributed by atoms with van der Waals surface area (Å²) >= 11 is 12.0. The van der Waals surface area contributed by atoms with Crippen LogP contribution in [0.5, 0.6) is 0 Å². The summed E-state index contributed by atoms with van der Waals surface area (Å²) in [6.45, 7) is 1.18. The summed E-state index contributed by atoms with van der Waals surface area (Å²) in [4.78, 5) is 13.9. The topological polar surface area (TPSA) is 55.6 Å². The lowest BCUT2D eigenvalue weighted by Crippen LogP contribution is -2.41. The number of carbonyl (C=O) groups is 1. The Hall–Kier alpha value is -1.75. The summed E-state index contributed by atoms with van der Waals surface area (Å²) in [7, 11) is 0. The molecule has 0 spiro atoms. The first-order valence-electron chi connectivity index (χ1n) is 7.68. The van der Waals surface area contributed by atoms with Gasteiger partial charge in [-0.2, -0.15) is 0 Å². The Morgan fingerprint density at radius 3 is 2.62 bits per heavy atom. The molecule has 6 heteroatoms. The van der Waals surface area contributed by atoms with E-state index in [0.29, 0.717) is 29.6 Å². The number of rotatable bonds is 3. The minimum Gasteiger partial charge on any atom is -0.445 e. The Morgan fingerprint density at radius 1 is 1.17 bits per heavy atom. The van der Waals surface area contributed by atoms with Gasteiger partial charge in [0.05, 0.1) is 15.6 Å². The van der Waals surface area contributed by atoms with Crippen LogP contribution in [0, 0.1) is 0 Å². The van der Waals surface area contributed by atoms with Crippen molar-refractivity contribution >= 4 is 29.3 Å². The first kappa shape index (κ1) is 17.1. The molecule has 3 rings (SSSR count). The van der Waals surface area contributed by atoms with E-state index in [2.05, 4.69) is 0 Å². The largest absolute Gasteiger partial charge is 0.445 e. The summed E-state index contributed by atoms with van der Waals surface area (Å²) in [5.41, 5.74) is 7.67. The second kappa shape index (κ2) is 7.01. The van der Waals surface area contributed by atoms with E-state index in [4.69, 9.17) is 33.7 Å². The number of hydrogen-bond donors (Lipinski definition) is 1. The molecule has 1 aliphatic rings. The number of carbonyl (C=O) groups excluding carboxylic acids is 1. The molecule has 1 saturated heterocycles. The molecule has 0 aliphatic carbocycles. The molecule has 1 heterocycles. The van der Waals surface area contributed by atoms with Gasteiger partial charge >= 0.3 is 6.09 Å². The van der Waals surface area contributed by atoms with Crippen LogP contribution in [0.2, 0.25) is 10.0 Å². The fraction of sp³-hybridized carbons (Fsp3) is 0.278. The molecule has 1 aliphatic heterocycles. The van der Waals surface area contributed by atoms with E-state index in [-0.39, 0.29) is 12.7 Å². The molecule has 126 valence electrons. The Bertz CT molecular complexity index is 739. The van der Waals surface area contributed by atoms with Crippen molar-refractivity contribution in [3.05, 3.63) is 69.7 Å². The average molecular weight is 365 g/mol. The van der Waals surface area contributed by atoms with E-state index in [1.807, 2.05) is 36.4 Å². The lowest BCUT2D eigenvalue weighted by Gasteiger charge is -2.25. The van der Waals surface area contributed by atoms with Gasteiger partial charge in [-0.15, -0.1) is 0 Å². The number of benzene rings is 2. The fourth-order valence-electron chi connectivity index (χ4n) is 2.84. The highest BCUT2D eigenvalue weighted by Crippen LogP contribution is 2.33. The van der Waals surface area contributed by atoms with Gasteiger partial charge in [-0.1, -0.05) is 59.6 Å². The van der Waals surface area contributed by atoms with Crippen molar-refractivity contribution in [2.45, 2.75) is 18.6 Å². The highest BCUT2D eigenvalue weighted by molar-refractivity contribution is 6.42. The number of halogens is 2. The lowest BCUT2D eigenvalue weighted by molar-refractivity contribution is 0.102. The number of likely N-dealkylation sites (tertiary alicyclic amines) is 1. The Labute approximate surface area is 151 Å². The zero-order valence-corrected chi connectivity index (χ0v) is 14.6. The molecule has 0 radical (unpaired) electrons. The lowest BCUT2D eigenvalue weighted by atomic mass is 9.90. The van der Waals surface area contributed by atoms with Gasteiger partial charge < -0.3 is 15.4 Å². The van der Waals surface area contributed by atoms with Crippen molar-refractivity contribution in [1.29, 1.82) is 0 Å². The van der Waals surface area contributed by atoms with Crippen molar-refractivity contribution in [2.24, 2.45) is 5.73 Å². The predicted molar refractivity (Wildman–Crippen MR) is 95.1 cm³/mol. The van der Waals surface area contributed by atoms with Crippen LogP contribution in [0.3, 0.4) is 0 Å². The third kappa shape index (κ3) is 3.66. The summed E-state index contributed by atoms with van der Waals surface area (Å²) in [5.74, 6) is 0. The minimum atomic E-state index is -0.639. The molecule has 2 N–H and O–H groups in total. The monoisotopic (exact) mass is 364 g/mol. The molecule has 1 fully saturated rings. The number of nitrogens with two attached hydrogens (primary N) is 1. The fourth-order valence-corrected chi connectivity index (χ4v) is 3.14. The van der Waals surface area contributed by atoms with Crippen LogP contribution in [0.4, 0.5) is 4.79 Å². The quantitative estimate of drug-likeness (QED) is 0.887. The van der Waals surface area contributed by atoms with Crippen LogP contribution < -0.4 is 5.73 Å². The number of amides is 1. The number of ether oxygens (including phenoxy) is 1. The van der Waals surface area contributed by atoms with Gasteiger partial charge in [-0.25, -0.2) is 4.79 Å². The van der Waals surface area contributed by atoms with Gasteiger partial charge in [0.15, 0.2) is 0 Å². The molecule has 0 bridgehead atoms. The van der Waals surface area contributed by atoms with Crippen molar-refractivity contribution in [1.82, 2.24) is 4.90 Å². The second-order valence-corrected chi connectivity index (χ2v) is 6.81. The third-order valence-electron chi connectivity index (χ3n) is 4.26. The Balaban J connectivity index is 1.63. The van der Waals surface area contributed by atoms with E-state index in [1.54, 1.807) is 17.0 Å². The first-order chi connectivity index (χ1) is 11.5. The summed E-state index contributed by atoms with van der Waals surface area (Å²) in [6.07, 6.45) is 0.289. The van der Waals surface area contributed by atoms with Crippen LogP contribution in [0.25, 0.3) is 0 Å². The SMILES string of the molecule is NC1(c2ccc(Cl)c(Cl)c2)CCN(C(=O)OCc2ccccc2)C1. The van der Waals surface area contributed by atoms with Gasteiger partial charge in [-0.3, -0.25) is 0 Å². The zero-order valence-electron chi connectivity index (χ0n) is 13.0. The van der Waals surface area contributed by atoms with Crippen molar-refractivity contribution in [3.8, 4) is 0 Å². The third-order valence-corrected chi connectivity index (χ3v) is 5.00. The molecule has 1 amide bonds. The molecule has 2 aromatic rings. The van der Waals surface area contributed by atoms with Gasteiger partial charge in [-0.05, 0) is 29.7 Å². The second-order valence-electron chi connectivity index (χ2n) is 6.00. The molecule has 1 unspecified atom stereocenters. The minimum absolute atomic E-state index is 0.251. The van der Waals surface area contributed by atoms with E-state index in [9.17, 15) is 4.79 Å². The summed E-state index contributed by atoms with van der Waals surface area (Å²) in [6, 6.07) is 14.9. The van der Waals surface area contributed by atoms with E-state index < -0.39 is 5.54 Å². The Kier molecular flexibility index (Phi) is 4.99. The van der Waals surface area contributed by atoms with Crippen LogP contribution in [-0.4, -0.2) is 24.1 Å². The molecular formula is C18H18Cl2N2O2. The molecule has 24 heavy (non-hydrogen) atoms. The molecule has 4 nitrogen and oxygen atoms in total. The normalized spacial score (nSPS) is 20.2. The number of hydrogen-bond acceptors (Lipinski definition) is 3. The maximum Gasteiger partial charge on any atom is 0.410 e. The van der Waals surface area contributed by atoms with Gasteiger partial charge in [0.25, 0.3) is 0 Å². The average Bonchev–Trinajstić information content (AvgIpc) is 3.00. The van der Waals surface area contributed by atoms with Crippen molar-refractivity contribution in [3.63, 3.8) is 0 Å². The van der Waals surface area contributed by atoms with Crippen molar-refractivity contribution in [2.75, 3.05) is 13.1 Å². The van der Waals surface area contributed by atoms with Crippen molar-refractivity contribution < 1.29 is 9.53 Å². The standard InChI is InChI=1S/C18H18Cl2N2O2/c19-15-7-6-14(10-16(15)20)18(21)8-9-22(12-18)17(23)24-11-13-4-2-1-3-5-13/h1-7,10H,8-9,11-12,21H2. The maximum atomic E-state index is 12.3. The van der Waals surface area contributed by atoms with E-state index >= 15 is 0 Å². The molecule has 0 aromatic heterocycles. The smallest absolute Gasteiger partial charge is 0.410 e. The van der Waals surface area contributed by atoms with Gasteiger partial charge in [0, 0.05) is 13.1 Å². The summed E-state index contributed by atoms with van der Waals surface area (Å²) in [5, 5.41) is 0.949. The predicted octanol–water partition coefficient (Wildman–Crippen LogP) is 4.19. The van der Waals surface area contributed by atoms with Gasteiger partial charge in [0.1, 0.15) is 6.61 Å². The highest BCUT2D eigenvalue weighted by atomic mass is 35.5. The van der Waals surface area contributed by atoms with Gasteiger partial charge in [0.2, 0.25) is 0 Å². The van der Waals surface area contributed by atoms with Crippen LogP contribution >= 0.6 is 23.2 Å². The van der Waals surface area contributed by atoms with Crippen LogP contribution in [0.1, 0.15) is 17.5 Å². The van der Waals surface area contributed by atoms with Crippen LogP contribution in [0.15, 0.2) is 48.5 Å². The first-order valence-corrected chi connectivity index (χ1v) is 8.43. The van der Waals surface area contributed by atoms with E-state index in [0.717, 1.165) is 11.1 Å². The molecule has 0 saturated carbocycles. The van der Waals surface area contributed by atoms with Crippen LogP contribution in [-0.2, 0) is 16.9 Å². The highest BCUT2D eigenvalue weighted by Gasteiger charge is 2.39. The molecule has 2 aromatic carbocycles. The number of nitrogens with zero attached hydrogens (tertiary/aromatic N) is 1. The molecule has 1 atom stereocenters. The van der Waals surface area contributed by atoms with E-state index in [1.165, 1.54) is 0 Å². The Morgan fingerprint density at radius 2 is 1.92 bits per heavy atom. The zero-order chi connectivity index (χ0) is 17.2.